The van der Waals surface area contributed by atoms with Crippen molar-refractivity contribution in [3.8, 4) is 0 Å². The number of ether oxygens (including phenoxy) is 1. The van der Waals surface area contributed by atoms with E-state index in [1.165, 1.54) is 11.3 Å². The molecule has 1 aliphatic rings. The third kappa shape index (κ3) is 3.76. The molecule has 1 aromatic rings. The predicted octanol–water partition coefficient (Wildman–Crippen LogP) is 1.77. The molecule has 5 N–H and O–H groups in total. The van der Waals surface area contributed by atoms with Crippen LogP contribution in [0.25, 0.3) is 0 Å². The van der Waals surface area contributed by atoms with E-state index in [0.717, 1.165) is 10.4 Å². The molecule has 0 fully saturated rings. The SMILES string of the molecule is CC1(C)Cc2c(sc(NC(=O)NCCCN)c2C(=O)O)CO1. The molecule has 0 unspecified atom stereocenters. The molecule has 22 heavy (non-hydrogen) atoms. The third-order valence-corrected chi connectivity index (χ3v) is 4.52. The number of rotatable bonds is 5. The zero-order chi connectivity index (χ0) is 16.3. The topological polar surface area (TPSA) is 114 Å². The van der Waals surface area contributed by atoms with Gasteiger partial charge in [-0.25, -0.2) is 9.59 Å². The molecule has 1 aliphatic heterocycles. The van der Waals surface area contributed by atoms with Crippen molar-refractivity contribution in [1.29, 1.82) is 0 Å². The average Bonchev–Trinajstić information content (AvgIpc) is 2.74. The predicted molar refractivity (Wildman–Crippen MR) is 84.5 cm³/mol. The lowest BCUT2D eigenvalue weighted by atomic mass is 9.93. The molecule has 8 heteroatoms. The Labute approximate surface area is 132 Å². The minimum Gasteiger partial charge on any atom is -0.478 e. The summed E-state index contributed by atoms with van der Waals surface area (Å²) in [5.41, 5.74) is 5.88. The van der Waals surface area contributed by atoms with E-state index in [1.807, 2.05) is 13.8 Å². The van der Waals surface area contributed by atoms with E-state index in [1.54, 1.807) is 0 Å². The quantitative estimate of drug-likeness (QED) is 0.615. The number of fused-ring (bicyclic) bond motifs is 1. The number of nitrogens with two attached hydrogens (primary N) is 1. The van der Waals surface area contributed by atoms with Crippen LogP contribution in [-0.4, -0.2) is 35.8 Å². The first-order valence-corrected chi connectivity index (χ1v) is 7.92. The van der Waals surface area contributed by atoms with Crippen molar-refractivity contribution in [1.82, 2.24) is 5.32 Å². The summed E-state index contributed by atoms with van der Waals surface area (Å²) in [4.78, 5) is 24.3. The van der Waals surface area contributed by atoms with Crippen LogP contribution in [0.5, 0.6) is 0 Å². The van der Waals surface area contributed by atoms with Crippen LogP contribution in [0.2, 0.25) is 0 Å². The lowest BCUT2D eigenvalue weighted by Gasteiger charge is -2.30. The van der Waals surface area contributed by atoms with Gasteiger partial charge in [0.1, 0.15) is 5.00 Å². The third-order valence-electron chi connectivity index (χ3n) is 3.39. The number of carboxylic acid groups (broad SMARTS) is 1. The number of anilines is 1. The van der Waals surface area contributed by atoms with Crippen molar-refractivity contribution < 1.29 is 19.4 Å². The second kappa shape index (κ2) is 6.64. The van der Waals surface area contributed by atoms with Gasteiger partial charge in [0.25, 0.3) is 0 Å². The molecule has 0 aliphatic carbocycles. The van der Waals surface area contributed by atoms with E-state index in [2.05, 4.69) is 10.6 Å². The standard InChI is InChI=1S/C14H21N3O4S/c1-14(2)6-8-9(7-21-14)22-11(10(8)12(18)19)17-13(20)16-5-3-4-15/h3-7,15H2,1-2H3,(H,18,19)(H2,16,17,20). The highest BCUT2D eigenvalue weighted by Gasteiger charge is 2.33. The van der Waals surface area contributed by atoms with Gasteiger partial charge in [0.2, 0.25) is 0 Å². The molecule has 0 atom stereocenters. The van der Waals surface area contributed by atoms with E-state index in [0.29, 0.717) is 37.5 Å². The first kappa shape index (κ1) is 16.7. The number of nitrogens with one attached hydrogen (secondary N) is 2. The number of aromatic carboxylic acids is 1. The van der Waals surface area contributed by atoms with Crippen molar-refractivity contribution in [2.45, 2.75) is 38.9 Å². The molecule has 0 saturated carbocycles. The summed E-state index contributed by atoms with van der Waals surface area (Å²) in [6.07, 6.45) is 1.18. The molecule has 0 saturated heterocycles. The highest BCUT2D eigenvalue weighted by atomic mass is 32.1. The van der Waals surface area contributed by atoms with E-state index in [9.17, 15) is 14.7 Å². The first-order valence-electron chi connectivity index (χ1n) is 7.11. The molecule has 2 heterocycles. The van der Waals surface area contributed by atoms with E-state index in [-0.39, 0.29) is 5.56 Å². The Kier molecular flexibility index (Phi) is 5.05. The molecule has 2 amide bonds. The molecule has 2 rings (SSSR count). The van der Waals surface area contributed by atoms with E-state index < -0.39 is 17.6 Å². The molecule has 0 spiro atoms. The summed E-state index contributed by atoms with van der Waals surface area (Å²) in [6.45, 7) is 5.15. The molecule has 0 bridgehead atoms. The molecule has 122 valence electrons. The van der Waals surface area contributed by atoms with Gasteiger partial charge in [-0.1, -0.05) is 0 Å². The lowest BCUT2D eigenvalue weighted by molar-refractivity contribution is -0.0384. The van der Waals surface area contributed by atoms with Crippen molar-refractivity contribution in [2.24, 2.45) is 5.73 Å². The van der Waals surface area contributed by atoms with Gasteiger partial charge in [-0.15, -0.1) is 11.3 Å². The van der Waals surface area contributed by atoms with Crippen LogP contribution in [0.15, 0.2) is 0 Å². The van der Waals surface area contributed by atoms with Gasteiger partial charge < -0.3 is 20.9 Å². The lowest BCUT2D eigenvalue weighted by Crippen LogP contribution is -2.32. The Hall–Kier alpha value is -1.64. The minimum absolute atomic E-state index is 0.172. The molecule has 1 aromatic heterocycles. The maximum Gasteiger partial charge on any atom is 0.339 e. The van der Waals surface area contributed by atoms with Crippen molar-refractivity contribution in [3.63, 3.8) is 0 Å². The van der Waals surface area contributed by atoms with Crippen LogP contribution >= 0.6 is 11.3 Å². The Morgan fingerprint density at radius 3 is 2.82 bits per heavy atom. The Bertz CT molecular complexity index is 583. The van der Waals surface area contributed by atoms with Crippen molar-refractivity contribution in [2.75, 3.05) is 18.4 Å². The zero-order valence-electron chi connectivity index (χ0n) is 12.7. The first-order chi connectivity index (χ1) is 10.3. The highest BCUT2D eigenvalue weighted by molar-refractivity contribution is 7.17. The number of amides is 2. The summed E-state index contributed by atoms with van der Waals surface area (Å²) in [5.74, 6) is -1.03. The number of carbonyl (C=O) groups is 2. The Morgan fingerprint density at radius 2 is 2.18 bits per heavy atom. The summed E-state index contributed by atoms with van der Waals surface area (Å²) in [6, 6.07) is -0.422. The van der Waals surface area contributed by atoms with Crippen LogP contribution in [-0.2, 0) is 17.8 Å². The van der Waals surface area contributed by atoms with Gasteiger partial charge in [-0.05, 0) is 32.4 Å². The molecule has 7 nitrogen and oxygen atoms in total. The zero-order valence-corrected chi connectivity index (χ0v) is 13.5. The van der Waals surface area contributed by atoms with Gasteiger partial charge in [0, 0.05) is 17.8 Å². The maximum absolute atomic E-state index is 11.8. The summed E-state index contributed by atoms with van der Waals surface area (Å²) in [5, 5.41) is 15.1. The van der Waals surface area contributed by atoms with Crippen LogP contribution in [0.3, 0.4) is 0 Å². The summed E-state index contributed by atoms with van der Waals surface area (Å²) in [7, 11) is 0. The average molecular weight is 327 g/mol. The summed E-state index contributed by atoms with van der Waals surface area (Å²) >= 11 is 1.26. The fraction of sp³-hybridized carbons (Fsp3) is 0.571. The Balaban J connectivity index is 2.20. The fourth-order valence-electron chi connectivity index (χ4n) is 2.32. The summed E-state index contributed by atoms with van der Waals surface area (Å²) < 4.78 is 5.70. The number of carboxylic acids is 1. The normalized spacial score (nSPS) is 16.0. The molecular formula is C14H21N3O4S. The smallest absolute Gasteiger partial charge is 0.339 e. The molecule has 0 aromatic carbocycles. The fourth-order valence-corrected chi connectivity index (χ4v) is 3.44. The highest BCUT2D eigenvalue weighted by Crippen LogP contribution is 2.40. The van der Waals surface area contributed by atoms with Crippen LogP contribution in [0.4, 0.5) is 9.80 Å². The van der Waals surface area contributed by atoms with Crippen LogP contribution in [0, 0.1) is 0 Å². The number of urea groups is 1. The van der Waals surface area contributed by atoms with Gasteiger partial charge in [0.15, 0.2) is 0 Å². The second-order valence-corrected chi connectivity index (χ2v) is 6.87. The van der Waals surface area contributed by atoms with E-state index in [4.69, 9.17) is 10.5 Å². The Morgan fingerprint density at radius 1 is 1.45 bits per heavy atom. The van der Waals surface area contributed by atoms with Gasteiger partial charge >= 0.3 is 12.0 Å². The second-order valence-electron chi connectivity index (χ2n) is 5.76. The number of hydrogen-bond acceptors (Lipinski definition) is 5. The molecular weight excluding hydrogens is 306 g/mol. The van der Waals surface area contributed by atoms with Crippen molar-refractivity contribution >= 4 is 28.3 Å². The van der Waals surface area contributed by atoms with Crippen LogP contribution < -0.4 is 16.4 Å². The van der Waals surface area contributed by atoms with E-state index >= 15 is 0 Å². The number of thiophene rings is 1. The number of hydrogen-bond donors (Lipinski definition) is 4. The number of carbonyl (C=O) groups excluding carboxylic acids is 1. The van der Waals surface area contributed by atoms with Crippen molar-refractivity contribution in [3.05, 3.63) is 16.0 Å². The van der Waals surface area contributed by atoms with Gasteiger partial charge in [-0.3, -0.25) is 5.32 Å². The minimum atomic E-state index is -1.03. The monoisotopic (exact) mass is 327 g/mol. The van der Waals surface area contributed by atoms with Gasteiger partial charge in [-0.2, -0.15) is 0 Å². The van der Waals surface area contributed by atoms with Crippen LogP contribution in [0.1, 0.15) is 41.1 Å². The largest absolute Gasteiger partial charge is 0.478 e. The maximum atomic E-state index is 11.8. The van der Waals surface area contributed by atoms with Gasteiger partial charge in [0.05, 0.1) is 17.8 Å². The molecule has 0 radical (unpaired) electrons.